The normalized spacial score (nSPS) is 11.3. The minimum absolute atomic E-state index is 0. The van der Waals surface area contributed by atoms with Crippen molar-refractivity contribution in [2.45, 2.75) is 33.2 Å². The quantitative estimate of drug-likeness (QED) is 0.783. The van der Waals surface area contributed by atoms with Gasteiger partial charge in [0.1, 0.15) is 5.75 Å². The fourth-order valence-electron chi connectivity index (χ4n) is 2.45. The highest BCUT2D eigenvalue weighted by atomic mass is 35.5. The number of rotatable bonds is 5. The lowest BCUT2D eigenvalue weighted by Gasteiger charge is -2.14. The molecule has 2 aromatic carbocycles. The Morgan fingerprint density at radius 1 is 1.00 bits per heavy atom. The lowest BCUT2D eigenvalue weighted by atomic mass is 9.98. The summed E-state index contributed by atoms with van der Waals surface area (Å²) in [5.74, 6) is 0.323. The number of hydrogen-bond donors (Lipinski definition) is 1. The van der Waals surface area contributed by atoms with Gasteiger partial charge in [-0.15, -0.1) is 25.6 Å². The Morgan fingerprint density at radius 2 is 1.58 bits per heavy atom. The van der Waals surface area contributed by atoms with Crippen molar-refractivity contribution in [3.05, 3.63) is 53.6 Å². The van der Waals surface area contributed by atoms with Crippen molar-refractivity contribution in [2.75, 3.05) is 0 Å². The topological polar surface area (TPSA) is 35.2 Å². The molecule has 6 heteroatoms. The maximum Gasteiger partial charge on any atom is 0.573 e. The van der Waals surface area contributed by atoms with E-state index in [-0.39, 0.29) is 24.7 Å². The average molecular weight is 360 g/mol. The third-order valence-corrected chi connectivity index (χ3v) is 3.44. The summed E-state index contributed by atoms with van der Waals surface area (Å²) in [6, 6.07) is 12.6. The standard InChI is InChI=1S/C18H20F3NO.ClH/c1-12(2)9-13-3-5-14(6-4-13)15-7-8-17(16(10-15)11-22)23-18(19,20)21;/h3-8,10,12H,9,11,22H2,1-2H3;1H. The number of nitrogens with two attached hydrogens (primary N) is 1. The van der Waals surface area contributed by atoms with Crippen LogP contribution < -0.4 is 10.5 Å². The maximum atomic E-state index is 12.4. The van der Waals surface area contributed by atoms with E-state index in [2.05, 4.69) is 18.6 Å². The zero-order valence-electron chi connectivity index (χ0n) is 13.6. The first-order chi connectivity index (χ1) is 10.8. The summed E-state index contributed by atoms with van der Waals surface area (Å²) in [6.45, 7) is 4.28. The number of benzene rings is 2. The second-order valence-electron chi connectivity index (χ2n) is 5.87. The van der Waals surface area contributed by atoms with E-state index >= 15 is 0 Å². The molecular formula is C18H21ClF3NO. The molecule has 0 amide bonds. The molecule has 0 aromatic heterocycles. The molecule has 0 unspecified atom stereocenters. The van der Waals surface area contributed by atoms with Gasteiger partial charge in [-0.3, -0.25) is 0 Å². The molecule has 0 radical (unpaired) electrons. The highest BCUT2D eigenvalue weighted by molar-refractivity contribution is 5.85. The highest BCUT2D eigenvalue weighted by Crippen LogP contribution is 2.30. The van der Waals surface area contributed by atoms with Gasteiger partial charge >= 0.3 is 6.36 Å². The van der Waals surface area contributed by atoms with Gasteiger partial charge in [-0.2, -0.15) is 0 Å². The third kappa shape index (κ3) is 5.73. The lowest BCUT2D eigenvalue weighted by Crippen LogP contribution is -2.18. The van der Waals surface area contributed by atoms with Crippen LogP contribution in [0.5, 0.6) is 5.75 Å². The molecule has 0 bridgehead atoms. The second-order valence-corrected chi connectivity index (χ2v) is 5.87. The molecule has 2 nitrogen and oxygen atoms in total. The third-order valence-electron chi connectivity index (χ3n) is 3.44. The van der Waals surface area contributed by atoms with E-state index in [4.69, 9.17) is 5.73 Å². The highest BCUT2D eigenvalue weighted by Gasteiger charge is 2.32. The summed E-state index contributed by atoms with van der Waals surface area (Å²) in [6.07, 6.45) is -3.73. The zero-order chi connectivity index (χ0) is 17.0. The Balaban J connectivity index is 0.00000288. The minimum Gasteiger partial charge on any atom is -0.405 e. The van der Waals surface area contributed by atoms with E-state index in [0.29, 0.717) is 11.5 Å². The van der Waals surface area contributed by atoms with Crippen LogP contribution in [-0.4, -0.2) is 6.36 Å². The maximum absolute atomic E-state index is 12.4. The molecule has 0 aliphatic carbocycles. The van der Waals surface area contributed by atoms with Gasteiger partial charge in [0, 0.05) is 12.1 Å². The molecule has 24 heavy (non-hydrogen) atoms. The van der Waals surface area contributed by atoms with Crippen LogP contribution in [0, 0.1) is 5.92 Å². The van der Waals surface area contributed by atoms with Crippen molar-refractivity contribution in [1.29, 1.82) is 0 Å². The molecule has 2 aromatic rings. The van der Waals surface area contributed by atoms with Crippen LogP contribution in [0.2, 0.25) is 0 Å². The lowest BCUT2D eigenvalue weighted by molar-refractivity contribution is -0.274. The van der Waals surface area contributed by atoms with Crippen LogP contribution in [-0.2, 0) is 13.0 Å². The van der Waals surface area contributed by atoms with Crippen molar-refractivity contribution >= 4 is 12.4 Å². The van der Waals surface area contributed by atoms with Gasteiger partial charge in [0.15, 0.2) is 0 Å². The minimum atomic E-state index is -4.72. The summed E-state index contributed by atoms with van der Waals surface area (Å²) in [4.78, 5) is 0. The number of ether oxygens (including phenoxy) is 1. The van der Waals surface area contributed by atoms with Gasteiger partial charge in [-0.05, 0) is 41.2 Å². The summed E-state index contributed by atoms with van der Waals surface area (Å²) >= 11 is 0. The molecule has 0 spiro atoms. The van der Waals surface area contributed by atoms with Crippen LogP contribution in [0.4, 0.5) is 13.2 Å². The first kappa shape index (κ1) is 20.3. The van der Waals surface area contributed by atoms with Crippen molar-refractivity contribution < 1.29 is 17.9 Å². The molecule has 132 valence electrons. The fraction of sp³-hybridized carbons (Fsp3) is 0.333. The van der Waals surface area contributed by atoms with E-state index in [0.717, 1.165) is 17.5 Å². The Kier molecular flexibility index (Phi) is 7.11. The van der Waals surface area contributed by atoms with Gasteiger partial charge in [0.05, 0.1) is 0 Å². The van der Waals surface area contributed by atoms with Crippen molar-refractivity contribution in [1.82, 2.24) is 0 Å². The van der Waals surface area contributed by atoms with Crippen molar-refractivity contribution in [3.63, 3.8) is 0 Å². The molecule has 0 aliphatic heterocycles. The van der Waals surface area contributed by atoms with E-state index in [1.54, 1.807) is 12.1 Å². The van der Waals surface area contributed by atoms with E-state index in [9.17, 15) is 13.2 Å². The Bertz CT molecular complexity index is 654. The summed E-state index contributed by atoms with van der Waals surface area (Å²) in [7, 11) is 0. The van der Waals surface area contributed by atoms with Gasteiger partial charge in [0.2, 0.25) is 0 Å². The van der Waals surface area contributed by atoms with Gasteiger partial charge in [0.25, 0.3) is 0 Å². The Morgan fingerprint density at radius 3 is 2.08 bits per heavy atom. The van der Waals surface area contributed by atoms with E-state index in [1.807, 2.05) is 24.3 Å². The first-order valence-electron chi connectivity index (χ1n) is 7.46. The predicted molar refractivity (Wildman–Crippen MR) is 92.2 cm³/mol. The van der Waals surface area contributed by atoms with Gasteiger partial charge in [-0.25, -0.2) is 0 Å². The van der Waals surface area contributed by atoms with Crippen LogP contribution >= 0.6 is 12.4 Å². The Hall–Kier alpha value is -1.72. The van der Waals surface area contributed by atoms with Gasteiger partial charge < -0.3 is 10.5 Å². The molecule has 0 atom stereocenters. The smallest absolute Gasteiger partial charge is 0.405 e. The second kappa shape index (κ2) is 8.40. The van der Waals surface area contributed by atoms with Crippen LogP contribution in [0.25, 0.3) is 11.1 Å². The number of halogens is 4. The molecule has 0 saturated heterocycles. The zero-order valence-corrected chi connectivity index (χ0v) is 14.4. The molecule has 2 rings (SSSR count). The fourth-order valence-corrected chi connectivity index (χ4v) is 2.45. The first-order valence-corrected chi connectivity index (χ1v) is 7.46. The van der Waals surface area contributed by atoms with E-state index < -0.39 is 6.36 Å². The monoisotopic (exact) mass is 359 g/mol. The molecule has 0 fully saturated rings. The molecule has 0 saturated carbocycles. The van der Waals surface area contributed by atoms with Crippen LogP contribution in [0.3, 0.4) is 0 Å². The van der Waals surface area contributed by atoms with E-state index in [1.165, 1.54) is 11.6 Å². The summed E-state index contributed by atoms with van der Waals surface area (Å²) in [5, 5.41) is 0. The Labute approximate surface area is 146 Å². The summed E-state index contributed by atoms with van der Waals surface area (Å²) < 4.78 is 41.1. The van der Waals surface area contributed by atoms with Crippen molar-refractivity contribution in [2.24, 2.45) is 11.7 Å². The molecular weight excluding hydrogens is 339 g/mol. The SMILES string of the molecule is CC(C)Cc1ccc(-c2ccc(OC(F)(F)F)c(CN)c2)cc1.Cl. The van der Waals surface area contributed by atoms with Crippen molar-refractivity contribution in [3.8, 4) is 16.9 Å². The molecule has 2 N–H and O–H groups in total. The molecule has 0 heterocycles. The summed E-state index contributed by atoms with van der Waals surface area (Å²) in [5.41, 5.74) is 8.86. The largest absolute Gasteiger partial charge is 0.573 e. The molecule has 0 aliphatic rings. The van der Waals surface area contributed by atoms with Gasteiger partial charge in [-0.1, -0.05) is 44.2 Å². The van der Waals surface area contributed by atoms with Crippen LogP contribution in [0.15, 0.2) is 42.5 Å². The predicted octanol–water partition coefficient (Wildman–Crippen LogP) is 5.33. The number of hydrogen-bond acceptors (Lipinski definition) is 2. The average Bonchev–Trinajstić information content (AvgIpc) is 2.46. The van der Waals surface area contributed by atoms with Crippen LogP contribution in [0.1, 0.15) is 25.0 Å². The number of alkyl halides is 3.